The predicted octanol–water partition coefficient (Wildman–Crippen LogP) is 13.1. The van der Waals surface area contributed by atoms with Gasteiger partial charge < -0.3 is 48.9 Å². The first kappa shape index (κ1) is 72.3. The van der Waals surface area contributed by atoms with E-state index in [1.807, 2.05) is 73.8 Å². The molecular formula is C74H84F8N8O8. The normalized spacial score (nSPS) is 18.1. The molecule has 10 rings (SSSR count). The number of alkyl halides is 6. The van der Waals surface area contributed by atoms with Crippen LogP contribution in [0.15, 0.2) is 140 Å². The van der Waals surface area contributed by atoms with Crippen LogP contribution in [0.2, 0.25) is 0 Å². The number of piperidine rings is 2. The number of benzene rings is 6. The molecule has 0 saturated carbocycles. The molecule has 3 saturated heterocycles. The highest BCUT2D eigenvalue weighted by Crippen LogP contribution is 2.49. The fourth-order valence-corrected chi connectivity index (χ4v) is 13.8. The molecule has 5 amide bonds. The lowest BCUT2D eigenvalue weighted by molar-refractivity contribution is -0.143. The van der Waals surface area contributed by atoms with Gasteiger partial charge in [0.25, 0.3) is 11.8 Å². The number of likely N-dealkylation sites (tertiary alicyclic amines) is 2. The molecule has 3 aliphatic heterocycles. The van der Waals surface area contributed by atoms with Gasteiger partial charge in [0.2, 0.25) is 11.8 Å². The molecule has 4 aliphatic rings. The van der Waals surface area contributed by atoms with Crippen LogP contribution in [0.5, 0.6) is 0 Å². The number of likely N-dealkylation sites (N-methyl/N-ethyl adjacent to an activating group) is 2. The van der Waals surface area contributed by atoms with Crippen molar-refractivity contribution in [3.05, 3.63) is 190 Å². The van der Waals surface area contributed by atoms with E-state index in [1.54, 1.807) is 30.0 Å². The van der Waals surface area contributed by atoms with Gasteiger partial charge in [0.05, 0.1) is 35.0 Å². The highest BCUT2D eigenvalue weighted by Gasteiger charge is 2.50. The summed E-state index contributed by atoms with van der Waals surface area (Å²) in [6.45, 7) is 4.63. The molecule has 16 nitrogen and oxygen atoms in total. The zero-order valence-corrected chi connectivity index (χ0v) is 55.4. The number of amides is 5. The third-order valence-electron chi connectivity index (χ3n) is 19.6. The molecule has 1 aliphatic carbocycles. The number of ether oxygens (including phenoxy) is 3. The van der Waals surface area contributed by atoms with E-state index in [0.29, 0.717) is 120 Å². The summed E-state index contributed by atoms with van der Waals surface area (Å²) in [5.74, 6) is -2.98. The lowest BCUT2D eigenvalue weighted by Crippen LogP contribution is -2.50. The molecule has 0 radical (unpaired) electrons. The van der Waals surface area contributed by atoms with Crippen LogP contribution < -0.4 is 10.6 Å². The molecule has 3 heterocycles. The minimum absolute atomic E-state index is 0.0363. The Morgan fingerprint density at radius 2 is 1.32 bits per heavy atom. The molecule has 98 heavy (non-hydrogen) atoms. The molecule has 2 atom stereocenters. The Hall–Kier alpha value is -8.45. The maximum absolute atomic E-state index is 15.5. The van der Waals surface area contributed by atoms with Crippen LogP contribution in [-0.4, -0.2) is 178 Å². The molecule has 24 heteroatoms. The molecule has 3 fully saturated rings. The Kier molecular flexibility index (Phi) is 23.6. The molecule has 524 valence electrons. The van der Waals surface area contributed by atoms with Crippen molar-refractivity contribution in [2.75, 3.05) is 117 Å². The van der Waals surface area contributed by atoms with E-state index >= 15 is 4.39 Å². The van der Waals surface area contributed by atoms with Gasteiger partial charge in [-0.1, -0.05) is 91.3 Å². The van der Waals surface area contributed by atoms with E-state index < -0.39 is 76.3 Å². The Morgan fingerprint density at radius 1 is 0.663 bits per heavy atom. The van der Waals surface area contributed by atoms with Crippen LogP contribution in [0.4, 0.5) is 51.3 Å². The second kappa shape index (κ2) is 32.0. The number of halogens is 8. The molecule has 6 aromatic rings. The van der Waals surface area contributed by atoms with Gasteiger partial charge in [-0.3, -0.25) is 24.5 Å². The summed E-state index contributed by atoms with van der Waals surface area (Å²) in [4.78, 5) is 77.0. The topological polar surface area (TPSA) is 157 Å². The van der Waals surface area contributed by atoms with E-state index in [4.69, 9.17) is 14.2 Å². The Bertz CT molecular complexity index is 3700. The largest absolute Gasteiger partial charge is 0.446 e. The van der Waals surface area contributed by atoms with Crippen LogP contribution in [-0.2, 0) is 53.6 Å². The lowest BCUT2D eigenvalue weighted by Gasteiger charge is -2.44. The van der Waals surface area contributed by atoms with Crippen molar-refractivity contribution in [1.82, 2.24) is 29.4 Å². The van der Waals surface area contributed by atoms with E-state index in [9.17, 15) is 54.7 Å². The van der Waals surface area contributed by atoms with Crippen molar-refractivity contribution in [3.63, 3.8) is 0 Å². The molecule has 6 aromatic carbocycles. The number of para-hydroxylation sites is 1. The van der Waals surface area contributed by atoms with Crippen LogP contribution in [0.1, 0.15) is 113 Å². The number of carbonyl (C=O) groups excluding carboxylic acids is 5. The summed E-state index contributed by atoms with van der Waals surface area (Å²) in [6.07, 6.45) is -4.73. The second-order valence-electron chi connectivity index (χ2n) is 26.1. The molecule has 0 aromatic heterocycles. The summed E-state index contributed by atoms with van der Waals surface area (Å²) >= 11 is 0. The summed E-state index contributed by atoms with van der Waals surface area (Å²) in [5, 5.41) is 6.13. The Morgan fingerprint density at radius 3 is 2.02 bits per heavy atom. The Balaban J connectivity index is 0.611. The Labute approximate surface area is 566 Å². The quantitative estimate of drug-likeness (QED) is 0.0394. The molecule has 0 unspecified atom stereocenters. The minimum Gasteiger partial charge on any atom is -0.446 e. The highest BCUT2D eigenvalue weighted by molar-refractivity contribution is 5.96. The zero-order chi connectivity index (χ0) is 69.8. The van der Waals surface area contributed by atoms with Gasteiger partial charge in [-0.05, 0) is 148 Å². The van der Waals surface area contributed by atoms with Crippen LogP contribution >= 0.6 is 0 Å². The molecule has 0 bridgehead atoms. The average molecular weight is 1370 g/mol. The van der Waals surface area contributed by atoms with Crippen molar-refractivity contribution in [2.45, 2.75) is 106 Å². The monoisotopic (exact) mass is 1360 g/mol. The fraction of sp³-hybridized carbons (Fsp3) is 0.446. The van der Waals surface area contributed by atoms with E-state index in [2.05, 4.69) is 32.6 Å². The van der Waals surface area contributed by atoms with Crippen molar-refractivity contribution in [3.8, 4) is 11.1 Å². The number of carbonyl (C=O) groups is 5. The number of hydrogen-bond acceptors (Lipinski definition) is 11. The van der Waals surface area contributed by atoms with Gasteiger partial charge in [-0.2, -0.15) is 26.3 Å². The average Bonchev–Trinajstić information content (AvgIpc) is 1.58. The lowest BCUT2D eigenvalue weighted by atomic mass is 9.72. The first-order valence-corrected chi connectivity index (χ1v) is 33.4. The number of rotatable bonds is 26. The standard InChI is InChI=1S/C74H84F8N8O8/c1-85(34-14-35-87(3)69(94)61-27-26-58(47-63(61)76)83-33-13-5-8-21-66(91)86(2)41-42-88-36-28-59(29-37-88)98-70(95)84-64-20-12-10-18-60(64)51-15-6-4-7-16-51)67(92)48-96-65-45-52-17-9-11-19-62(52)71(65)30-38-89(39-31-71)40-32-72(54-22-24-57(75)25-23-54)49-90(50-97-72)68(93)53-43-55(73(77,78)79)46-56(44-53)74(80,81)82/h4,6-7,9-12,15-20,22-27,43-44,46-47,59,65,83H,5,8,13-14,21,28-42,45,48-50H2,1-3H3,(H,84,95)/t65-,72-/m0/s1. The zero-order valence-electron chi connectivity index (χ0n) is 55.4. The molecular weight excluding hydrogens is 1280 g/mol. The van der Waals surface area contributed by atoms with Crippen molar-refractivity contribution in [1.29, 1.82) is 0 Å². The van der Waals surface area contributed by atoms with Gasteiger partial charge in [0.15, 0.2) is 0 Å². The minimum atomic E-state index is -5.16. The predicted molar refractivity (Wildman–Crippen MR) is 355 cm³/mol. The summed E-state index contributed by atoms with van der Waals surface area (Å²) < 4.78 is 131. The number of nitrogens with zero attached hydrogens (tertiary/aromatic N) is 6. The number of unbranched alkanes of at least 4 members (excludes halogenated alkanes) is 2. The SMILES string of the molecule is CN(CCN1CCC(OC(=O)Nc2ccccc2-c2ccccc2)CC1)C(=O)CCCCCNc1ccc(C(=O)N(C)CCCN(C)C(=O)CO[C@H]2Cc3ccccc3C23CCN(CC[C@@]2(c4ccc(F)cc4)CN(C(=O)c4cc(C(F)(F)F)cc(C(F)(F)F)c4)CO2)CC3)c(F)c1. The first-order chi connectivity index (χ1) is 46.9. The van der Waals surface area contributed by atoms with Crippen LogP contribution in [0.25, 0.3) is 11.1 Å². The molecule has 1 spiro atoms. The van der Waals surface area contributed by atoms with Crippen molar-refractivity contribution < 1.29 is 73.3 Å². The van der Waals surface area contributed by atoms with Crippen LogP contribution in [0.3, 0.4) is 0 Å². The van der Waals surface area contributed by atoms with Crippen molar-refractivity contribution in [2.24, 2.45) is 0 Å². The van der Waals surface area contributed by atoms with Gasteiger partial charge >= 0.3 is 18.4 Å². The first-order valence-electron chi connectivity index (χ1n) is 33.4. The van der Waals surface area contributed by atoms with E-state index in [-0.39, 0.29) is 61.8 Å². The maximum Gasteiger partial charge on any atom is 0.416 e. The smallest absolute Gasteiger partial charge is 0.416 e. The van der Waals surface area contributed by atoms with Crippen LogP contribution in [0, 0.1) is 11.6 Å². The van der Waals surface area contributed by atoms with Crippen molar-refractivity contribution >= 4 is 41.1 Å². The summed E-state index contributed by atoms with van der Waals surface area (Å²) in [5.41, 5.74) is 0.0268. The second-order valence-corrected chi connectivity index (χ2v) is 26.1. The number of hydrogen-bond donors (Lipinski definition) is 2. The fourth-order valence-electron chi connectivity index (χ4n) is 13.8. The van der Waals surface area contributed by atoms with E-state index in [0.717, 1.165) is 59.6 Å². The van der Waals surface area contributed by atoms with Gasteiger partial charge in [-0.25, -0.2) is 13.6 Å². The van der Waals surface area contributed by atoms with E-state index in [1.165, 1.54) is 41.3 Å². The summed E-state index contributed by atoms with van der Waals surface area (Å²) in [6, 6.07) is 36.1. The van der Waals surface area contributed by atoms with Gasteiger partial charge in [0.1, 0.15) is 36.7 Å². The number of anilines is 2. The summed E-state index contributed by atoms with van der Waals surface area (Å²) in [7, 11) is 5.06. The molecule has 2 N–H and O–H groups in total. The van der Waals surface area contributed by atoms with Gasteiger partial charge in [-0.15, -0.1) is 0 Å². The van der Waals surface area contributed by atoms with Gasteiger partial charge in [0, 0.05) is 102 Å². The third-order valence-corrected chi connectivity index (χ3v) is 19.6. The third kappa shape index (κ3) is 18.1. The highest BCUT2D eigenvalue weighted by atomic mass is 19.4. The maximum atomic E-state index is 15.5. The number of nitrogens with one attached hydrogen (secondary N) is 2. The number of fused-ring (bicyclic) bond motifs is 2.